The smallest absolute Gasteiger partial charge is 0.274 e. The molecule has 1 aliphatic rings. The van der Waals surface area contributed by atoms with Gasteiger partial charge in [-0.3, -0.25) is 10.1 Å². The molecule has 15 heavy (non-hydrogen) atoms. The summed E-state index contributed by atoms with van der Waals surface area (Å²) in [4.78, 5) is 16.7. The summed E-state index contributed by atoms with van der Waals surface area (Å²) >= 11 is 0. The van der Waals surface area contributed by atoms with Crippen LogP contribution in [0.4, 0.5) is 11.5 Å². The monoisotopic (exact) mass is 207 g/mol. The topological polar surface area (TPSA) is 59.3 Å². The van der Waals surface area contributed by atoms with Gasteiger partial charge in [-0.05, 0) is 19.8 Å². The van der Waals surface area contributed by atoms with Crippen LogP contribution in [0, 0.1) is 17.0 Å². The first-order chi connectivity index (χ1) is 7.16. The Labute approximate surface area is 87.9 Å². The number of rotatable bonds is 2. The lowest BCUT2D eigenvalue weighted by molar-refractivity contribution is -0.384. The highest BCUT2D eigenvalue weighted by atomic mass is 16.6. The predicted molar refractivity (Wildman–Crippen MR) is 57.1 cm³/mol. The quantitative estimate of drug-likeness (QED) is 0.549. The van der Waals surface area contributed by atoms with Crippen molar-refractivity contribution < 1.29 is 4.92 Å². The van der Waals surface area contributed by atoms with E-state index in [1.165, 1.54) is 6.07 Å². The Bertz CT molecular complexity index is 386. The highest BCUT2D eigenvalue weighted by Crippen LogP contribution is 2.23. The second-order valence-corrected chi connectivity index (χ2v) is 3.78. The van der Waals surface area contributed by atoms with Gasteiger partial charge in [-0.1, -0.05) is 0 Å². The van der Waals surface area contributed by atoms with E-state index in [1.807, 2.05) is 0 Å². The van der Waals surface area contributed by atoms with Crippen molar-refractivity contribution in [3.63, 3.8) is 0 Å². The molecular weight excluding hydrogens is 194 g/mol. The molecule has 0 N–H and O–H groups in total. The Hall–Kier alpha value is -1.65. The first-order valence-electron chi connectivity index (χ1n) is 5.05. The van der Waals surface area contributed by atoms with E-state index < -0.39 is 0 Å². The third-order valence-corrected chi connectivity index (χ3v) is 2.57. The molecule has 0 saturated carbocycles. The molecule has 0 spiro atoms. The molecule has 5 heteroatoms. The van der Waals surface area contributed by atoms with Crippen LogP contribution in [0.2, 0.25) is 0 Å². The average Bonchev–Trinajstić information content (AvgIpc) is 2.69. The van der Waals surface area contributed by atoms with E-state index in [2.05, 4.69) is 9.88 Å². The molecule has 0 unspecified atom stereocenters. The Morgan fingerprint density at radius 1 is 1.40 bits per heavy atom. The molecule has 1 aromatic heterocycles. The van der Waals surface area contributed by atoms with E-state index in [-0.39, 0.29) is 10.6 Å². The van der Waals surface area contributed by atoms with Crippen LogP contribution in [0.15, 0.2) is 12.1 Å². The van der Waals surface area contributed by atoms with Gasteiger partial charge in [0.1, 0.15) is 5.82 Å². The molecule has 0 aromatic carbocycles. The van der Waals surface area contributed by atoms with Crippen LogP contribution < -0.4 is 4.90 Å². The van der Waals surface area contributed by atoms with Gasteiger partial charge in [0.15, 0.2) is 0 Å². The highest BCUT2D eigenvalue weighted by molar-refractivity contribution is 5.48. The summed E-state index contributed by atoms with van der Waals surface area (Å²) in [6, 6.07) is 3.05. The second kappa shape index (κ2) is 3.84. The van der Waals surface area contributed by atoms with Gasteiger partial charge >= 0.3 is 0 Å². The number of aryl methyl sites for hydroxylation is 1. The molecule has 1 aliphatic heterocycles. The van der Waals surface area contributed by atoms with Gasteiger partial charge in [-0.15, -0.1) is 0 Å². The highest BCUT2D eigenvalue weighted by Gasteiger charge is 2.17. The van der Waals surface area contributed by atoms with Crippen molar-refractivity contribution >= 4 is 11.5 Å². The lowest BCUT2D eigenvalue weighted by Gasteiger charge is -2.16. The zero-order valence-electron chi connectivity index (χ0n) is 8.64. The van der Waals surface area contributed by atoms with Crippen LogP contribution in [-0.2, 0) is 0 Å². The largest absolute Gasteiger partial charge is 0.356 e. The van der Waals surface area contributed by atoms with Gasteiger partial charge in [0, 0.05) is 24.8 Å². The average molecular weight is 207 g/mol. The molecule has 2 heterocycles. The van der Waals surface area contributed by atoms with Gasteiger partial charge in [-0.2, -0.15) is 0 Å². The minimum absolute atomic E-state index is 0.129. The molecule has 1 aromatic rings. The molecule has 1 fully saturated rings. The standard InChI is InChI=1S/C10H13N3O2/c1-8-6-9(13(14)15)7-10(11-8)12-4-2-3-5-12/h6-7H,2-5H2,1H3. The number of hydrogen-bond acceptors (Lipinski definition) is 4. The Morgan fingerprint density at radius 3 is 2.67 bits per heavy atom. The van der Waals surface area contributed by atoms with Gasteiger partial charge in [0.2, 0.25) is 0 Å². The minimum atomic E-state index is -0.367. The minimum Gasteiger partial charge on any atom is -0.356 e. The zero-order valence-corrected chi connectivity index (χ0v) is 8.64. The van der Waals surface area contributed by atoms with Crippen molar-refractivity contribution in [2.75, 3.05) is 18.0 Å². The molecule has 80 valence electrons. The molecule has 0 atom stereocenters. The zero-order chi connectivity index (χ0) is 10.8. The lowest BCUT2D eigenvalue weighted by atomic mass is 10.3. The molecule has 5 nitrogen and oxygen atoms in total. The van der Waals surface area contributed by atoms with Crippen LogP contribution in [0.1, 0.15) is 18.5 Å². The van der Waals surface area contributed by atoms with Crippen molar-refractivity contribution in [3.05, 3.63) is 27.9 Å². The predicted octanol–water partition coefficient (Wildman–Crippen LogP) is 1.90. The first kappa shape index (κ1) is 9.89. The van der Waals surface area contributed by atoms with Gasteiger partial charge in [0.05, 0.1) is 11.0 Å². The van der Waals surface area contributed by atoms with Crippen molar-refractivity contribution in [3.8, 4) is 0 Å². The summed E-state index contributed by atoms with van der Waals surface area (Å²) in [5.74, 6) is 0.735. The maximum absolute atomic E-state index is 10.7. The fourth-order valence-corrected chi connectivity index (χ4v) is 1.85. The molecule has 0 amide bonds. The van der Waals surface area contributed by atoms with E-state index in [0.29, 0.717) is 5.69 Å². The maximum Gasteiger partial charge on any atom is 0.274 e. The molecule has 0 bridgehead atoms. The summed E-state index contributed by atoms with van der Waals surface area (Å²) in [6.07, 6.45) is 2.28. The number of nitro groups is 1. The third-order valence-electron chi connectivity index (χ3n) is 2.57. The van der Waals surface area contributed by atoms with E-state index in [0.717, 1.165) is 31.7 Å². The van der Waals surface area contributed by atoms with Crippen LogP contribution in [0.25, 0.3) is 0 Å². The Morgan fingerprint density at radius 2 is 2.07 bits per heavy atom. The lowest BCUT2D eigenvalue weighted by Crippen LogP contribution is -2.19. The summed E-state index contributed by atoms with van der Waals surface area (Å²) in [6.45, 7) is 3.69. The van der Waals surface area contributed by atoms with Crippen molar-refractivity contribution in [2.45, 2.75) is 19.8 Å². The molecule has 2 rings (SSSR count). The fraction of sp³-hybridized carbons (Fsp3) is 0.500. The number of anilines is 1. The van der Waals surface area contributed by atoms with E-state index in [1.54, 1.807) is 13.0 Å². The number of pyridine rings is 1. The van der Waals surface area contributed by atoms with Crippen molar-refractivity contribution in [1.82, 2.24) is 4.98 Å². The molecular formula is C10H13N3O2. The number of nitrogens with zero attached hydrogens (tertiary/aromatic N) is 3. The van der Waals surface area contributed by atoms with E-state index in [9.17, 15) is 10.1 Å². The van der Waals surface area contributed by atoms with Crippen LogP contribution >= 0.6 is 0 Å². The summed E-state index contributed by atoms with van der Waals surface area (Å²) in [5.41, 5.74) is 0.829. The third kappa shape index (κ3) is 2.06. The van der Waals surface area contributed by atoms with Crippen LogP contribution in [0.3, 0.4) is 0 Å². The maximum atomic E-state index is 10.7. The van der Waals surface area contributed by atoms with E-state index >= 15 is 0 Å². The Balaban J connectivity index is 2.34. The second-order valence-electron chi connectivity index (χ2n) is 3.78. The first-order valence-corrected chi connectivity index (χ1v) is 5.05. The molecule has 1 saturated heterocycles. The summed E-state index contributed by atoms with van der Waals surface area (Å²) in [5, 5.41) is 10.7. The number of hydrogen-bond donors (Lipinski definition) is 0. The van der Waals surface area contributed by atoms with Crippen molar-refractivity contribution in [1.29, 1.82) is 0 Å². The molecule has 0 radical (unpaired) electrons. The van der Waals surface area contributed by atoms with Crippen LogP contribution in [0.5, 0.6) is 0 Å². The summed E-state index contributed by atoms with van der Waals surface area (Å²) in [7, 11) is 0. The van der Waals surface area contributed by atoms with Gasteiger partial charge in [-0.25, -0.2) is 4.98 Å². The SMILES string of the molecule is Cc1cc([N+](=O)[O-])cc(N2CCCC2)n1. The number of aromatic nitrogens is 1. The van der Waals surface area contributed by atoms with Gasteiger partial charge in [0.25, 0.3) is 5.69 Å². The Kier molecular flexibility index (Phi) is 2.53. The summed E-state index contributed by atoms with van der Waals surface area (Å²) < 4.78 is 0. The van der Waals surface area contributed by atoms with Gasteiger partial charge < -0.3 is 4.90 Å². The fourth-order valence-electron chi connectivity index (χ4n) is 1.85. The normalized spacial score (nSPS) is 15.7. The van der Waals surface area contributed by atoms with E-state index in [4.69, 9.17) is 0 Å². The van der Waals surface area contributed by atoms with Crippen molar-refractivity contribution in [2.24, 2.45) is 0 Å². The molecule has 0 aliphatic carbocycles. The van der Waals surface area contributed by atoms with Crippen LogP contribution in [-0.4, -0.2) is 23.0 Å².